The zero-order valence-corrected chi connectivity index (χ0v) is 39.6. The summed E-state index contributed by atoms with van der Waals surface area (Å²) in [6.07, 6.45) is -19.6. The summed E-state index contributed by atoms with van der Waals surface area (Å²) in [4.78, 5) is 0. The summed E-state index contributed by atoms with van der Waals surface area (Å²) < 4.78 is 175. The highest BCUT2D eigenvalue weighted by Gasteiger charge is 2.39. The fourth-order valence-electron chi connectivity index (χ4n) is 10.4. The van der Waals surface area contributed by atoms with Crippen LogP contribution < -0.4 is 0 Å². The average molecular weight is 1040 g/mol. The number of nitrogens with zero attached hydrogens (tertiary/aromatic N) is 3. The minimum atomic E-state index is -5.24. The monoisotopic (exact) mass is 1040 g/mol. The number of aryl methyl sites for hydroxylation is 2. The van der Waals surface area contributed by atoms with E-state index in [0.29, 0.717) is 83.4 Å². The lowest BCUT2D eigenvalue weighted by Gasteiger charge is -2.21. The van der Waals surface area contributed by atoms with Crippen LogP contribution in [-0.2, 0) is 24.7 Å². The molecule has 76 heavy (non-hydrogen) atoms. The van der Waals surface area contributed by atoms with Crippen molar-refractivity contribution in [2.75, 3.05) is 0 Å². The van der Waals surface area contributed by atoms with E-state index < -0.39 is 52.5 Å². The van der Waals surface area contributed by atoms with Gasteiger partial charge in [0.15, 0.2) is 0 Å². The normalized spacial score (nSPS) is 12.6. The third-order valence-electron chi connectivity index (χ3n) is 13.9. The number of fused-ring (bicyclic) bond motifs is 6. The van der Waals surface area contributed by atoms with Crippen molar-refractivity contribution in [3.63, 3.8) is 0 Å². The Balaban J connectivity index is 1.20. The smallest absolute Gasteiger partial charge is 0.309 e. The second-order valence-electron chi connectivity index (χ2n) is 18.6. The molecule has 0 fully saturated rings. The molecular formula is C61H35F12N3. The summed E-state index contributed by atoms with van der Waals surface area (Å²) in [7, 11) is 0. The number of rotatable bonds is 6. The molecule has 3 nitrogen and oxygen atoms in total. The minimum absolute atomic E-state index is 0.0659. The van der Waals surface area contributed by atoms with Gasteiger partial charge in [-0.3, -0.25) is 0 Å². The maximum Gasteiger partial charge on any atom is 0.417 e. The summed E-state index contributed by atoms with van der Waals surface area (Å²) in [6.45, 7) is 3.14. The van der Waals surface area contributed by atoms with E-state index in [4.69, 9.17) is 0 Å². The largest absolute Gasteiger partial charge is 0.417 e. The number of para-hydroxylation sites is 2. The first-order valence-electron chi connectivity index (χ1n) is 23.4. The third kappa shape index (κ3) is 8.47. The van der Waals surface area contributed by atoms with Crippen molar-refractivity contribution in [3.8, 4) is 62.0 Å². The molecule has 2 heterocycles. The van der Waals surface area contributed by atoms with Crippen molar-refractivity contribution in [2.24, 2.45) is 0 Å². The van der Waals surface area contributed by atoms with Crippen molar-refractivity contribution < 1.29 is 52.7 Å². The molecule has 0 aliphatic heterocycles. The standard InChI is InChI=1S/C61H35F12N3/c1-33-11-18-42(50(25-33)60(68,69)70)37-15-24-55-49(29-37)45-8-4-6-10-53(45)76(55)57-30-38(43-22-17-40(59(65,66)67)31-51(43)61(71,72)73)13-20-47(57)46-19-12-35(32-74)27-56(46)75-52-9-5-3-7-44(52)48-28-36(14-23-54(48)75)41-21-16-39(26-34(41)2)58(62,63)64/h3-31H,1-2H3. The molecule has 2 aromatic heterocycles. The summed E-state index contributed by atoms with van der Waals surface area (Å²) in [5.74, 6) is 0. The molecule has 11 aromatic rings. The van der Waals surface area contributed by atoms with Gasteiger partial charge in [0.25, 0.3) is 0 Å². The second-order valence-corrected chi connectivity index (χ2v) is 18.6. The lowest BCUT2D eigenvalue weighted by Crippen LogP contribution is -2.12. The van der Waals surface area contributed by atoms with E-state index in [1.54, 1.807) is 103 Å². The van der Waals surface area contributed by atoms with Crippen LogP contribution in [0.5, 0.6) is 0 Å². The van der Waals surface area contributed by atoms with E-state index in [2.05, 4.69) is 6.07 Å². The Labute approximate surface area is 424 Å². The van der Waals surface area contributed by atoms with Gasteiger partial charge < -0.3 is 9.13 Å². The number of benzene rings is 9. The zero-order valence-electron chi connectivity index (χ0n) is 39.6. The van der Waals surface area contributed by atoms with Crippen molar-refractivity contribution in [1.29, 1.82) is 5.26 Å². The van der Waals surface area contributed by atoms with Gasteiger partial charge in [-0.05, 0) is 138 Å². The molecule has 378 valence electrons. The molecular weight excluding hydrogens is 1000 g/mol. The molecule has 0 bridgehead atoms. The summed E-state index contributed by atoms with van der Waals surface area (Å²) in [6, 6.07) is 44.8. The molecule has 0 radical (unpaired) electrons. The van der Waals surface area contributed by atoms with Gasteiger partial charge in [-0.1, -0.05) is 96.6 Å². The van der Waals surface area contributed by atoms with E-state index in [0.717, 1.165) is 29.7 Å². The first kappa shape index (κ1) is 49.4. The predicted molar refractivity (Wildman–Crippen MR) is 271 cm³/mol. The van der Waals surface area contributed by atoms with E-state index in [9.17, 15) is 57.9 Å². The van der Waals surface area contributed by atoms with Crippen molar-refractivity contribution in [1.82, 2.24) is 9.13 Å². The molecule has 0 saturated carbocycles. The molecule has 15 heteroatoms. The number of hydrogen-bond acceptors (Lipinski definition) is 1. The number of nitriles is 1. The molecule has 0 spiro atoms. The van der Waals surface area contributed by atoms with Crippen LogP contribution in [0.1, 0.15) is 38.9 Å². The maximum absolute atomic E-state index is 15.0. The second kappa shape index (κ2) is 17.7. The van der Waals surface area contributed by atoms with Crippen molar-refractivity contribution in [2.45, 2.75) is 38.6 Å². The van der Waals surface area contributed by atoms with Gasteiger partial charge in [-0.25, -0.2) is 0 Å². The quantitative estimate of drug-likeness (QED) is 0.153. The number of halogens is 12. The van der Waals surface area contributed by atoms with Crippen LogP contribution in [0.15, 0.2) is 176 Å². The van der Waals surface area contributed by atoms with Gasteiger partial charge in [0.05, 0.1) is 67.3 Å². The average Bonchev–Trinajstić information content (AvgIpc) is 4.02. The fourth-order valence-corrected chi connectivity index (χ4v) is 10.4. The molecule has 0 aliphatic rings. The van der Waals surface area contributed by atoms with Gasteiger partial charge in [-0.2, -0.15) is 57.9 Å². The first-order chi connectivity index (χ1) is 36.0. The van der Waals surface area contributed by atoms with Crippen molar-refractivity contribution >= 4 is 43.6 Å². The fraction of sp³-hybridized carbons (Fsp3) is 0.0984. The lowest BCUT2D eigenvalue weighted by molar-refractivity contribution is -0.143. The molecule has 0 N–H and O–H groups in total. The van der Waals surface area contributed by atoms with Gasteiger partial charge in [0, 0.05) is 32.7 Å². The number of hydrogen-bond donors (Lipinski definition) is 0. The topological polar surface area (TPSA) is 33.6 Å². The number of alkyl halides is 12. The Bertz CT molecular complexity index is 4220. The SMILES string of the molecule is Cc1ccc(-c2ccc3c(c2)c2ccccc2n3-c2cc(-c3ccc(C(F)(F)F)cc3C(F)(F)F)ccc2-c2ccc(C#N)cc2-n2c3ccccc3c3cc(-c4ccc(C(F)(F)F)cc4C)ccc32)c(C(F)(F)F)c1. The van der Waals surface area contributed by atoms with E-state index in [1.807, 2.05) is 28.8 Å². The van der Waals surface area contributed by atoms with Crippen LogP contribution in [0.25, 0.3) is 99.5 Å². The molecule has 11 rings (SSSR count). The highest BCUT2D eigenvalue weighted by molar-refractivity contribution is 6.13. The lowest BCUT2D eigenvalue weighted by atomic mass is 9.92. The Kier molecular flexibility index (Phi) is 11.5. The predicted octanol–water partition coefficient (Wildman–Crippen LogP) is 19.1. The van der Waals surface area contributed by atoms with Crippen LogP contribution in [0, 0.1) is 25.2 Å². The first-order valence-corrected chi connectivity index (χ1v) is 23.4. The molecule has 0 amide bonds. The van der Waals surface area contributed by atoms with Crippen LogP contribution in [0.2, 0.25) is 0 Å². The Morgan fingerprint density at radius 1 is 0.355 bits per heavy atom. The highest BCUT2D eigenvalue weighted by atomic mass is 19.4. The Morgan fingerprint density at radius 3 is 1.30 bits per heavy atom. The Morgan fingerprint density at radius 2 is 0.776 bits per heavy atom. The van der Waals surface area contributed by atoms with Gasteiger partial charge in [0.2, 0.25) is 0 Å². The maximum atomic E-state index is 15.0. The van der Waals surface area contributed by atoms with Crippen LogP contribution in [0.4, 0.5) is 52.7 Å². The number of aromatic nitrogens is 2. The van der Waals surface area contributed by atoms with E-state index in [1.165, 1.54) is 30.3 Å². The minimum Gasteiger partial charge on any atom is -0.309 e. The molecule has 0 unspecified atom stereocenters. The van der Waals surface area contributed by atoms with E-state index >= 15 is 0 Å². The molecule has 0 aliphatic carbocycles. The van der Waals surface area contributed by atoms with Crippen LogP contribution in [0.3, 0.4) is 0 Å². The molecule has 9 aromatic carbocycles. The summed E-state index contributed by atoms with van der Waals surface area (Å²) in [5.41, 5.74) is 0.575. The molecule has 0 atom stereocenters. The van der Waals surface area contributed by atoms with Gasteiger partial charge in [-0.15, -0.1) is 0 Å². The highest BCUT2D eigenvalue weighted by Crippen LogP contribution is 2.47. The van der Waals surface area contributed by atoms with Crippen molar-refractivity contribution in [3.05, 3.63) is 215 Å². The molecule has 0 saturated heterocycles. The van der Waals surface area contributed by atoms with E-state index in [-0.39, 0.29) is 34.0 Å². The summed E-state index contributed by atoms with van der Waals surface area (Å²) in [5, 5.41) is 12.9. The Hall–Kier alpha value is -8.77. The van der Waals surface area contributed by atoms with Crippen LogP contribution >= 0.6 is 0 Å². The third-order valence-corrected chi connectivity index (χ3v) is 13.9. The zero-order chi connectivity index (χ0) is 53.8. The van der Waals surface area contributed by atoms with Gasteiger partial charge >= 0.3 is 24.7 Å². The van der Waals surface area contributed by atoms with Crippen LogP contribution in [-0.4, -0.2) is 9.13 Å². The van der Waals surface area contributed by atoms with Gasteiger partial charge in [0.1, 0.15) is 0 Å². The summed E-state index contributed by atoms with van der Waals surface area (Å²) >= 11 is 0.